The molecule has 1 heterocycles. The molecule has 1 unspecified atom stereocenters. The Hall–Kier alpha value is -1.35. The number of halogens is 1. The second kappa shape index (κ2) is 12.2. The van der Waals surface area contributed by atoms with Crippen LogP contribution >= 0.6 is 24.0 Å². The summed E-state index contributed by atoms with van der Waals surface area (Å²) in [5, 5.41) is 6.79. The minimum Gasteiger partial charge on any atom is -0.357 e. The number of aliphatic imine (C=N–C) groups is 1. The van der Waals surface area contributed by atoms with Crippen molar-refractivity contribution in [2.75, 3.05) is 47.3 Å². The molecule has 1 saturated heterocycles. The zero-order valence-electron chi connectivity index (χ0n) is 17.0. The lowest BCUT2D eigenvalue weighted by Crippen LogP contribution is -2.43. The molecule has 0 radical (unpaired) electrons. The summed E-state index contributed by atoms with van der Waals surface area (Å²) in [7, 11) is 5.72. The van der Waals surface area contributed by atoms with Gasteiger partial charge in [0.25, 0.3) is 5.91 Å². The fourth-order valence-electron chi connectivity index (χ4n) is 3.20. The topological polar surface area (TPSA) is 60.0 Å². The van der Waals surface area contributed by atoms with Gasteiger partial charge in [0, 0.05) is 39.3 Å². The van der Waals surface area contributed by atoms with Gasteiger partial charge in [0.2, 0.25) is 0 Å². The summed E-state index contributed by atoms with van der Waals surface area (Å²) in [6.45, 7) is 6.81. The van der Waals surface area contributed by atoms with E-state index >= 15 is 0 Å². The van der Waals surface area contributed by atoms with Crippen LogP contribution in [0.15, 0.2) is 29.3 Å². The maximum atomic E-state index is 11.9. The van der Waals surface area contributed by atoms with Crippen molar-refractivity contribution in [3.8, 4) is 0 Å². The number of nitrogens with zero attached hydrogens (tertiary/aromatic N) is 3. The van der Waals surface area contributed by atoms with Crippen LogP contribution in [-0.4, -0.2) is 69.0 Å². The standard InChI is InChI=1S/C20H33N5O.HI/c1-5-21-20(23-14-17-7-6-12-25(4)15-17)22-13-16-8-10-18(11-9-16)19(26)24(2)3;/h8-11,17H,5-7,12-15H2,1-4H3,(H2,21,22,23);1H. The van der Waals surface area contributed by atoms with Gasteiger partial charge >= 0.3 is 0 Å². The largest absolute Gasteiger partial charge is 0.357 e. The quantitative estimate of drug-likeness (QED) is 0.368. The lowest BCUT2D eigenvalue weighted by molar-refractivity contribution is 0.0827. The molecule has 27 heavy (non-hydrogen) atoms. The van der Waals surface area contributed by atoms with Crippen molar-refractivity contribution >= 4 is 35.8 Å². The summed E-state index contributed by atoms with van der Waals surface area (Å²) < 4.78 is 0. The highest BCUT2D eigenvalue weighted by atomic mass is 127. The van der Waals surface area contributed by atoms with Gasteiger partial charge in [-0.3, -0.25) is 4.79 Å². The van der Waals surface area contributed by atoms with Crippen molar-refractivity contribution in [3.05, 3.63) is 35.4 Å². The molecule has 1 amide bonds. The molecule has 152 valence electrons. The number of carbonyl (C=O) groups is 1. The van der Waals surface area contributed by atoms with Gasteiger partial charge in [-0.1, -0.05) is 12.1 Å². The van der Waals surface area contributed by atoms with Gasteiger partial charge in [0.15, 0.2) is 5.96 Å². The second-order valence-corrected chi connectivity index (χ2v) is 7.24. The molecule has 6 nitrogen and oxygen atoms in total. The molecule has 1 aliphatic rings. The SMILES string of the molecule is CCNC(=NCc1ccc(C(=O)N(C)C)cc1)NCC1CCCN(C)C1.I. The Balaban J connectivity index is 0.00000364. The van der Waals surface area contributed by atoms with Crippen molar-refractivity contribution in [2.24, 2.45) is 10.9 Å². The van der Waals surface area contributed by atoms with Gasteiger partial charge < -0.3 is 20.4 Å². The summed E-state index contributed by atoms with van der Waals surface area (Å²) >= 11 is 0. The monoisotopic (exact) mass is 487 g/mol. The van der Waals surface area contributed by atoms with E-state index in [-0.39, 0.29) is 29.9 Å². The van der Waals surface area contributed by atoms with Crippen LogP contribution in [0.2, 0.25) is 0 Å². The summed E-state index contributed by atoms with van der Waals surface area (Å²) in [4.78, 5) is 20.6. The highest BCUT2D eigenvalue weighted by Gasteiger charge is 2.17. The molecule has 1 aromatic rings. The number of piperidine rings is 1. The fraction of sp³-hybridized carbons (Fsp3) is 0.600. The van der Waals surface area contributed by atoms with Crippen LogP contribution < -0.4 is 10.6 Å². The predicted octanol–water partition coefficient (Wildman–Crippen LogP) is 2.40. The molecule has 1 aromatic carbocycles. The van der Waals surface area contributed by atoms with E-state index in [2.05, 4.69) is 34.5 Å². The van der Waals surface area contributed by atoms with E-state index in [0.717, 1.165) is 31.2 Å². The van der Waals surface area contributed by atoms with E-state index in [1.165, 1.54) is 19.4 Å². The van der Waals surface area contributed by atoms with Gasteiger partial charge in [0.1, 0.15) is 0 Å². The fourth-order valence-corrected chi connectivity index (χ4v) is 3.20. The molecule has 2 rings (SSSR count). The maximum Gasteiger partial charge on any atom is 0.253 e. The van der Waals surface area contributed by atoms with Crippen LogP contribution in [0.1, 0.15) is 35.7 Å². The number of guanidine groups is 1. The Bertz CT molecular complexity index is 603. The lowest BCUT2D eigenvalue weighted by Gasteiger charge is -2.30. The first-order valence-electron chi connectivity index (χ1n) is 9.51. The second-order valence-electron chi connectivity index (χ2n) is 7.24. The zero-order chi connectivity index (χ0) is 18.9. The third-order valence-electron chi connectivity index (χ3n) is 4.65. The van der Waals surface area contributed by atoms with Crippen molar-refractivity contribution in [1.29, 1.82) is 0 Å². The third kappa shape index (κ3) is 8.04. The molecule has 7 heteroatoms. The van der Waals surface area contributed by atoms with E-state index in [4.69, 9.17) is 0 Å². The zero-order valence-corrected chi connectivity index (χ0v) is 19.3. The van der Waals surface area contributed by atoms with Gasteiger partial charge in [-0.05, 0) is 57.0 Å². The highest BCUT2D eigenvalue weighted by Crippen LogP contribution is 2.13. The molecule has 1 aliphatic heterocycles. The molecular weight excluding hydrogens is 453 g/mol. The van der Waals surface area contributed by atoms with Gasteiger partial charge in [-0.2, -0.15) is 0 Å². The lowest BCUT2D eigenvalue weighted by atomic mass is 9.99. The normalized spacial score (nSPS) is 17.8. The third-order valence-corrected chi connectivity index (χ3v) is 4.65. The molecule has 0 spiro atoms. The summed E-state index contributed by atoms with van der Waals surface area (Å²) in [5.74, 6) is 1.55. The summed E-state index contributed by atoms with van der Waals surface area (Å²) in [6, 6.07) is 7.68. The number of amides is 1. The number of benzene rings is 1. The average Bonchev–Trinajstić information content (AvgIpc) is 2.64. The maximum absolute atomic E-state index is 11.9. The van der Waals surface area contributed by atoms with Crippen LogP contribution in [0.4, 0.5) is 0 Å². The smallest absolute Gasteiger partial charge is 0.253 e. The number of likely N-dealkylation sites (tertiary alicyclic amines) is 1. The molecule has 1 atom stereocenters. The van der Waals surface area contributed by atoms with E-state index in [9.17, 15) is 4.79 Å². The van der Waals surface area contributed by atoms with E-state index in [1.807, 2.05) is 24.3 Å². The summed E-state index contributed by atoms with van der Waals surface area (Å²) in [6.07, 6.45) is 2.55. The van der Waals surface area contributed by atoms with Crippen molar-refractivity contribution in [2.45, 2.75) is 26.3 Å². The van der Waals surface area contributed by atoms with E-state index < -0.39 is 0 Å². The number of carbonyl (C=O) groups excluding carboxylic acids is 1. The minimum absolute atomic E-state index is 0. The molecule has 0 aromatic heterocycles. The van der Waals surface area contributed by atoms with Crippen LogP contribution in [0, 0.1) is 5.92 Å². The Kier molecular flexibility index (Phi) is 10.7. The number of rotatable bonds is 6. The van der Waals surface area contributed by atoms with Crippen LogP contribution in [0.25, 0.3) is 0 Å². The first-order chi connectivity index (χ1) is 12.5. The molecule has 0 saturated carbocycles. The predicted molar refractivity (Wildman–Crippen MR) is 123 cm³/mol. The average molecular weight is 487 g/mol. The Morgan fingerprint density at radius 2 is 1.96 bits per heavy atom. The molecule has 2 N–H and O–H groups in total. The molecular formula is C20H34IN5O. The Labute approximate surface area is 180 Å². The van der Waals surface area contributed by atoms with Crippen LogP contribution in [0.5, 0.6) is 0 Å². The number of nitrogens with one attached hydrogen (secondary N) is 2. The first-order valence-corrected chi connectivity index (χ1v) is 9.51. The van der Waals surface area contributed by atoms with E-state index in [1.54, 1.807) is 19.0 Å². The van der Waals surface area contributed by atoms with E-state index in [0.29, 0.717) is 18.0 Å². The summed E-state index contributed by atoms with van der Waals surface area (Å²) in [5.41, 5.74) is 1.80. The van der Waals surface area contributed by atoms with Gasteiger partial charge in [0.05, 0.1) is 6.54 Å². The van der Waals surface area contributed by atoms with Crippen LogP contribution in [0.3, 0.4) is 0 Å². The highest BCUT2D eigenvalue weighted by molar-refractivity contribution is 14.0. The Morgan fingerprint density at radius 3 is 2.56 bits per heavy atom. The van der Waals surface area contributed by atoms with Gasteiger partial charge in [-0.15, -0.1) is 24.0 Å². The number of hydrogen-bond donors (Lipinski definition) is 2. The van der Waals surface area contributed by atoms with Gasteiger partial charge in [-0.25, -0.2) is 4.99 Å². The molecule has 0 bridgehead atoms. The Morgan fingerprint density at radius 1 is 1.26 bits per heavy atom. The number of hydrogen-bond acceptors (Lipinski definition) is 3. The van der Waals surface area contributed by atoms with Crippen LogP contribution in [-0.2, 0) is 6.54 Å². The van der Waals surface area contributed by atoms with Crippen molar-refractivity contribution in [3.63, 3.8) is 0 Å². The van der Waals surface area contributed by atoms with Crippen molar-refractivity contribution < 1.29 is 4.79 Å². The molecule has 0 aliphatic carbocycles. The molecule has 1 fully saturated rings. The van der Waals surface area contributed by atoms with Crippen molar-refractivity contribution in [1.82, 2.24) is 20.4 Å². The minimum atomic E-state index is 0. The first kappa shape index (κ1) is 23.7.